The lowest BCUT2D eigenvalue weighted by molar-refractivity contribution is -0.140. The van der Waals surface area contributed by atoms with Crippen molar-refractivity contribution in [3.05, 3.63) is 95.3 Å². The Morgan fingerprint density at radius 1 is 1.09 bits per heavy atom. The van der Waals surface area contributed by atoms with Crippen LogP contribution in [0, 0.1) is 0 Å². The minimum absolute atomic E-state index is 0.0507. The number of carbonyl (C=O) groups is 2. The van der Waals surface area contributed by atoms with Gasteiger partial charge in [-0.15, -0.1) is 0 Å². The number of benzene rings is 2. The number of carbonyl (C=O) groups excluding carboxylic acids is 2. The van der Waals surface area contributed by atoms with Gasteiger partial charge in [0.2, 0.25) is 0 Å². The fraction of sp³-hybridized carbons (Fsp3) is 0.192. The summed E-state index contributed by atoms with van der Waals surface area (Å²) in [7, 11) is 5.40. The van der Waals surface area contributed by atoms with Crippen molar-refractivity contribution in [1.82, 2.24) is 9.88 Å². The van der Waals surface area contributed by atoms with Gasteiger partial charge in [0.25, 0.3) is 11.7 Å². The third kappa shape index (κ3) is 4.30. The Hall–Kier alpha value is -4.13. The molecule has 1 atom stereocenters. The predicted octanol–water partition coefficient (Wildman–Crippen LogP) is 3.78. The Morgan fingerprint density at radius 3 is 2.48 bits per heavy atom. The molecule has 1 aliphatic heterocycles. The first kappa shape index (κ1) is 22.1. The van der Waals surface area contributed by atoms with Gasteiger partial charge in [-0.05, 0) is 41.5 Å². The van der Waals surface area contributed by atoms with E-state index in [0.717, 1.165) is 16.8 Å². The van der Waals surface area contributed by atoms with Crippen molar-refractivity contribution in [1.29, 1.82) is 0 Å². The van der Waals surface area contributed by atoms with Gasteiger partial charge in [-0.1, -0.05) is 30.3 Å². The van der Waals surface area contributed by atoms with Crippen LogP contribution >= 0.6 is 0 Å². The number of methoxy groups -OCH3 is 1. The maximum absolute atomic E-state index is 13.2. The number of ketones is 1. The Morgan fingerprint density at radius 2 is 1.85 bits per heavy atom. The van der Waals surface area contributed by atoms with E-state index in [0.29, 0.717) is 11.3 Å². The Bertz CT molecular complexity index is 1200. The van der Waals surface area contributed by atoms with Crippen LogP contribution in [0.25, 0.3) is 5.76 Å². The number of ether oxygens (including phenoxy) is 1. The summed E-state index contributed by atoms with van der Waals surface area (Å²) in [4.78, 5) is 33.8. The fourth-order valence-corrected chi connectivity index (χ4v) is 3.96. The lowest BCUT2D eigenvalue weighted by atomic mass is 9.95. The summed E-state index contributed by atoms with van der Waals surface area (Å²) < 4.78 is 5.26. The van der Waals surface area contributed by atoms with Gasteiger partial charge < -0.3 is 19.6 Å². The standard InChI is InChI=1S/C26H25N3O4/c1-28(2)20-11-9-18(10-12-20)23-22(24(30)19-7-4-8-21(14-19)33-3)25(31)26(32)29(23)16-17-6-5-13-27-15-17/h4-15,23,30H,16H2,1-3H3/b24-22-. The molecule has 7 nitrogen and oxygen atoms in total. The van der Waals surface area contributed by atoms with Crippen LogP contribution < -0.4 is 9.64 Å². The minimum atomic E-state index is -0.743. The molecular weight excluding hydrogens is 418 g/mol. The molecule has 1 N–H and O–H groups in total. The average Bonchev–Trinajstić information content (AvgIpc) is 3.09. The Balaban J connectivity index is 1.85. The Labute approximate surface area is 192 Å². The Kier molecular flexibility index (Phi) is 6.13. The summed E-state index contributed by atoms with van der Waals surface area (Å²) in [6.45, 7) is 0.188. The molecule has 0 radical (unpaired) electrons. The molecular formula is C26H25N3O4. The van der Waals surface area contributed by atoms with Crippen LogP contribution in [0.15, 0.2) is 78.6 Å². The van der Waals surface area contributed by atoms with Crippen molar-refractivity contribution < 1.29 is 19.4 Å². The first-order valence-electron chi connectivity index (χ1n) is 10.5. The summed E-state index contributed by atoms with van der Waals surface area (Å²) >= 11 is 0. The summed E-state index contributed by atoms with van der Waals surface area (Å²) in [5, 5.41) is 11.2. The maximum atomic E-state index is 13.2. The molecule has 1 unspecified atom stereocenters. The molecule has 1 fully saturated rings. The maximum Gasteiger partial charge on any atom is 0.295 e. The van der Waals surface area contributed by atoms with E-state index in [1.54, 1.807) is 42.7 Å². The highest BCUT2D eigenvalue weighted by Gasteiger charge is 2.46. The molecule has 1 amide bonds. The fourth-order valence-electron chi connectivity index (χ4n) is 3.96. The number of hydrogen-bond acceptors (Lipinski definition) is 6. The minimum Gasteiger partial charge on any atom is -0.507 e. The molecule has 0 bridgehead atoms. The van der Waals surface area contributed by atoms with Crippen molar-refractivity contribution in [2.24, 2.45) is 0 Å². The first-order valence-corrected chi connectivity index (χ1v) is 10.5. The van der Waals surface area contributed by atoms with E-state index >= 15 is 0 Å². The van der Waals surface area contributed by atoms with Crippen LogP contribution in [0.1, 0.15) is 22.7 Å². The largest absolute Gasteiger partial charge is 0.507 e. The molecule has 4 rings (SSSR count). The first-order chi connectivity index (χ1) is 15.9. The van der Waals surface area contributed by atoms with Gasteiger partial charge in [-0.25, -0.2) is 0 Å². The molecule has 1 aromatic heterocycles. The van der Waals surface area contributed by atoms with E-state index in [1.165, 1.54) is 12.0 Å². The van der Waals surface area contributed by atoms with Crippen LogP contribution in [0.3, 0.4) is 0 Å². The lowest BCUT2D eigenvalue weighted by Gasteiger charge is -2.26. The zero-order valence-corrected chi connectivity index (χ0v) is 18.7. The van der Waals surface area contributed by atoms with Crippen molar-refractivity contribution in [2.45, 2.75) is 12.6 Å². The van der Waals surface area contributed by atoms with E-state index in [4.69, 9.17) is 4.74 Å². The number of aliphatic hydroxyl groups excluding tert-OH is 1. The second kappa shape index (κ2) is 9.16. The molecule has 7 heteroatoms. The second-order valence-corrected chi connectivity index (χ2v) is 8.01. The van der Waals surface area contributed by atoms with E-state index in [-0.39, 0.29) is 17.9 Å². The summed E-state index contributed by atoms with van der Waals surface area (Å²) in [6, 6.07) is 17.3. The molecule has 0 saturated carbocycles. The van der Waals surface area contributed by atoms with Gasteiger partial charge in [0.1, 0.15) is 11.5 Å². The molecule has 1 saturated heterocycles. The van der Waals surface area contributed by atoms with Crippen molar-refractivity contribution in [3.8, 4) is 5.75 Å². The molecule has 2 heterocycles. The highest BCUT2D eigenvalue weighted by molar-refractivity contribution is 6.46. The third-order valence-corrected chi connectivity index (χ3v) is 5.68. The van der Waals surface area contributed by atoms with E-state index < -0.39 is 17.7 Å². The molecule has 2 aromatic carbocycles. The highest BCUT2D eigenvalue weighted by atomic mass is 16.5. The molecule has 33 heavy (non-hydrogen) atoms. The van der Waals surface area contributed by atoms with Crippen LogP contribution in [0.5, 0.6) is 5.75 Å². The van der Waals surface area contributed by atoms with Crippen molar-refractivity contribution in [3.63, 3.8) is 0 Å². The van der Waals surface area contributed by atoms with Gasteiger partial charge in [0.15, 0.2) is 0 Å². The molecule has 168 valence electrons. The zero-order chi connectivity index (χ0) is 23.5. The SMILES string of the molecule is COc1cccc(/C(O)=C2/C(=O)C(=O)N(Cc3cccnc3)C2c2ccc(N(C)C)cc2)c1. The van der Waals surface area contributed by atoms with Crippen LogP contribution in [-0.2, 0) is 16.1 Å². The van der Waals surface area contributed by atoms with Gasteiger partial charge in [0.05, 0.1) is 18.7 Å². The van der Waals surface area contributed by atoms with Gasteiger partial charge in [0, 0.05) is 44.3 Å². The molecule has 0 aliphatic carbocycles. The van der Waals surface area contributed by atoms with Crippen LogP contribution in [0.4, 0.5) is 5.69 Å². The molecule has 0 spiro atoms. The number of rotatable bonds is 6. The topological polar surface area (TPSA) is 83.0 Å². The normalized spacial score (nSPS) is 17.3. The van der Waals surface area contributed by atoms with Gasteiger partial charge >= 0.3 is 0 Å². The number of anilines is 1. The quantitative estimate of drug-likeness (QED) is 0.355. The number of pyridine rings is 1. The summed E-state index contributed by atoms with van der Waals surface area (Å²) in [5.41, 5.74) is 2.96. The monoisotopic (exact) mass is 443 g/mol. The number of likely N-dealkylation sites (tertiary alicyclic amines) is 1. The zero-order valence-electron chi connectivity index (χ0n) is 18.7. The van der Waals surface area contributed by atoms with Gasteiger partial charge in [-0.3, -0.25) is 14.6 Å². The average molecular weight is 444 g/mol. The molecule has 1 aliphatic rings. The highest BCUT2D eigenvalue weighted by Crippen LogP contribution is 2.40. The van der Waals surface area contributed by atoms with E-state index in [1.807, 2.05) is 49.3 Å². The van der Waals surface area contributed by atoms with Crippen molar-refractivity contribution >= 4 is 23.1 Å². The number of aromatic nitrogens is 1. The van der Waals surface area contributed by atoms with Crippen LogP contribution in [0.2, 0.25) is 0 Å². The van der Waals surface area contributed by atoms with Crippen molar-refractivity contribution in [2.75, 3.05) is 26.1 Å². The summed E-state index contributed by atoms with van der Waals surface area (Å²) in [5.74, 6) is -1.08. The molecule has 3 aromatic rings. The third-order valence-electron chi connectivity index (χ3n) is 5.68. The van der Waals surface area contributed by atoms with Gasteiger partial charge in [-0.2, -0.15) is 0 Å². The number of nitrogens with zero attached hydrogens (tertiary/aromatic N) is 3. The number of Topliss-reactive ketones (excluding diaryl/α,β-unsaturated/α-hetero) is 1. The number of aliphatic hydroxyl groups is 1. The predicted molar refractivity (Wildman–Crippen MR) is 126 cm³/mol. The second-order valence-electron chi connectivity index (χ2n) is 8.01. The lowest BCUT2D eigenvalue weighted by Crippen LogP contribution is -2.29. The van der Waals surface area contributed by atoms with Crippen LogP contribution in [-0.4, -0.2) is 47.9 Å². The van der Waals surface area contributed by atoms with E-state index in [9.17, 15) is 14.7 Å². The summed E-state index contributed by atoms with van der Waals surface area (Å²) in [6.07, 6.45) is 3.31. The van der Waals surface area contributed by atoms with E-state index in [2.05, 4.69) is 4.98 Å². The number of amides is 1. The smallest absolute Gasteiger partial charge is 0.295 e. The number of hydrogen-bond donors (Lipinski definition) is 1.